The van der Waals surface area contributed by atoms with Gasteiger partial charge in [0.25, 0.3) is 0 Å². The van der Waals surface area contributed by atoms with Crippen LogP contribution >= 0.6 is 27.5 Å². The van der Waals surface area contributed by atoms with Gasteiger partial charge in [0.05, 0.1) is 5.60 Å². The molecule has 0 aliphatic heterocycles. The summed E-state index contributed by atoms with van der Waals surface area (Å²) in [4.78, 5) is 3.92. The minimum absolute atomic E-state index is 0.429. The minimum Gasteiger partial charge on any atom is -0.385 e. The lowest BCUT2D eigenvalue weighted by Gasteiger charge is -2.37. The zero-order valence-electron chi connectivity index (χ0n) is 6.93. The second kappa shape index (κ2) is 3.23. The van der Waals surface area contributed by atoms with Crippen molar-refractivity contribution < 1.29 is 5.11 Å². The van der Waals surface area contributed by atoms with Crippen LogP contribution in [-0.2, 0) is 5.60 Å². The van der Waals surface area contributed by atoms with E-state index in [0.717, 1.165) is 29.3 Å². The third kappa shape index (κ3) is 1.60. The van der Waals surface area contributed by atoms with Crippen molar-refractivity contribution in [2.45, 2.75) is 24.9 Å². The highest BCUT2D eigenvalue weighted by Gasteiger charge is 2.37. The Bertz CT molecular complexity index is 338. The topological polar surface area (TPSA) is 33.1 Å². The average molecular weight is 263 g/mol. The minimum atomic E-state index is -0.675. The number of halogens is 2. The number of aliphatic hydroxyl groups is 1. The summed E-state index contributed by atoms with van der Waals surface area (Å²) in [6.07, 6.45) is 4.33. The molecule has 1 aliphatic rings. The van der Waals surface area contributed by atoms with E-state index in [-0.39, 0.29) is 0 Å². The first-order chi connectivity index (χ1) is 6.12. The van der Waals surface area contributed by atoms with Crippen LogP contribution in [0.5, 0.6) is 0 Å². The molecule has 70 valence electrons. The summed E-state index contributed by atoms with van der Waals surface area (Å²) in [5.41, 5.74) is 0.185. The molecule has 0 unspecified atom stereocenters. The van der Waals surface area contributed by atoms with E-state index in [1.165, 1.54) is 0 Å². The van der Waals surface area contributed by atoms with Crippen LogP contribution in [0.25, 0.3) is 0 Å². The fourth-order valence-electron chi connectivity index (χ4n) is 1.55. The molecule has 2 rings (SSSR count). The van der Waals surface area contributed by atoms with Crippen molar-refractivity contribution in [3.8, 4) is 0 Å². The van der Waals surface area contributed by atoms with Crippen LogP contribution in [0.1, 0.15) is 24.8 Å². The standard InChI is InChI=1S/C9H9BrClNO/c10-7-5-12-8(11)4-6(7)9(13)2-1-3-9/h4-5,13H,1-3H2. The van der Waals surface area contributed by atoms with Crippen LogP contribution in [0.15, 0.2) is 16.7 Å². The summed E-state index contributed by atoms with van der Waals surface area (Å²) in [5, 5.41) is 10.5. The van der Waals surface area contributed by atoms with Gasteiger partial charge < -0.3 is 5.11 Å². The smallest absolute Gasteiger partial charge is 0.129 e. The lowest BCUT2D eigenvalue weighted by molar-refractivity contribution is -0.0394. The molecule has 2 nitrogen and oxygen atoms in total. The molecule has 13 heavy (non-hydrogen) atoms. The zero-order chi connectivity index (χ0) is 9.47. The lowest BCUT2D eigenvalue weighted by atomic mass is 9.75. The van der Waals surface area contributed by atoms with Crippen LogP contribution in [0.3, 0.4) is 0 Å². The first kappa shape index (κ1) is 9.44. The van der Waals surface area contributed by atoms with Gasteiger partial charge >= 0.3 is 0 Å². The Morgan fingerprint density at radius 3 is 2.77 bits per heavy atom. The van der Waals surface area contributed by atoms with Crippen molar-refractivity contribution in [3.05, 3.63) is 27.5 Å². The normalized spacial score (nSPS) is 19.6. The van der Waals surface area contributed by atoms with E-state index in [0.29, 0.717) is 5.15 Å². The molecule has 0 aromatic carbocycles. The maximum absolute atomic E-state index is 10.1. The molecule has 1 N–H and O–H groups in total. The fraction of sp³-hybridized carbons (Fsp3) is 0.444. The van der Waals surface area contributed by atoms with Gasteiger partial charge in [-0.15, -0.1) is 0 Å². The van der Waals surface area contributed by atoms with E-state index >= 15 is 0 Å². The zero-order valence-corrected chi connectivity index (χ0v) is 9.27. The summed E-state index contributed by atoms with van der Waals surface area (Å²) < 4.78 is 0.833. The number of pyridine rings is 1. The Hall–Kier alpha value is -0.120. The Balaban J connectivity index is 2.43. The second-order valence-electron chi connectivity index (χ2n) is 3.37. The molecule has 0 amide bonds. The van der Waals surface area contributed by atoms with E-state index in [9.17, 15) is 5.11 Å². The quantitative estimate of drug-likeness (QED) is 0.790. The molecule has 1 aliphatic carbocycles. The Kier molecular flexibility index (Phi) is 2.34. The van der Waals surface area contributed by atoms with E-state index in [4.69, 9.17) is 11.6 Å². The van der Waals surface area contributed by atoms with Crippen molar-refractivity contribution in [3.63, 3.8) is 0 Å². The molecular weight excluding hydrogens is 253 g/mol. The van der Waals surface area contributed by atoms with E-state index in [2.05, 4.69) is 20.9 Å². The summed E-state index contributed by atoms with van der Waals surface area (Å²) >= 11 is 9.12. The number of aromatic nitrogens is 1. The monoisotopic (exact) mass is 261 g/mol. The molecule has 0 bridgehead atoms. The van der Waals surface area contributed by atoms with Gasteiger partial charge in [0, 0.05) is 16.2 Å². The third-order valence-electron chi connectivity index (χ3n) is 2.50. The lowest BCUT2D eigenvalue weighted by Crippen LogP contribution is -2.34. The molecule has 1 heterocycles. The van der Waals surface area contributed by atoms with Gasteiger partial charge in [-0.1, -0.05) is 11.6 Å². The van der Waals surface area contributed by atoms with Crippen LogP contribution in [0.4, 0.5) is 0 Å². The molecule has 0 saturated heterocycles. The van der Waals surface area contributed by atoms with Crippen LogP contribution in [0.2, 0.25) is 5.15 Å². The molecule has 1 saturated carbocycles. The highest BCUT2D eigenvalue weighted by atomic mass is 79.9. The highest BCUT2D eigenvalue weighted by molar-refractivity contribution is 9.10. The number of rotatable bonds is 1. The van der Waals surface area contributed by atoms with Gasteiger partial charge in [-0.25, -0.2) is 4.98 Å². The fourth-order valence-corrected chi connectivity index (χ4v) is 2.29. The van der Waals surface area contributed by atoms with Crippen LogP contribution in [-0.4, -0.2) is 10.1 Å². The first-order valence-electron chi connectivity index (χ1n) is 4.16. The molecule has 1 aromatic heterocycles. The molecule has 0 radical (unpaired) electrons. The predicted octanol–water partition coefficient (Wildman–Crippen LogP) is 2.87. The van der Waals surface area contributed by atoms with E-state index in [1.54, 1.807) is 12.3 Å². The average Bonchev–Trinajstić information content (AvgIpc) is 2.05. The summed E-state index contributed by atoms with van der Waals surface area (Å²) in [7, 11) is 0. The van der Waals surface area contributed by atoms with Gasteiger partial charge in [0.1, 0.15) is 5.15 Å². The Labute approximate surface area is 90.1 Å². The maximum Gasteiger partial charge on any atom is 0.129 e. The molecule has 0 atom stereocenters. The molecule has 1 fully saturated rings. The van der Waals surface area contributed by atoms with Crippen LogP contribution in [0, 0.1) is 0 Å². The summed E-state index contributed by atoms with van der Waals surface area (Å²) in [6, 6.07) is 1.73. The highest BCUT2D eigenvalue weighted by Crippen LogP contribution is 2.44. The van der Waals surface area contributed by atoms with Crippen molar-refractivity contribution in [2.75, 3.05) is 0 Å². The van der Waals surface area contributed by atoms with Crippen molar-refractivity contribution >= 4 is 27.5 Å². The Morgan fingerprint density at radius 2 is 2.23 bits per heavy atom. The predicted molar refractivity (Wildman–Crippen MR) is 54.7 cm³/mol. The van der Waals surface area contributed by atoms with E-state index in [1.807, 2.05) is 0 Å². The number of hydrogen-bond acceptors (Lipinski definition) is 2. The van der Waals surface area contributed by atoms with Crippen molar-refractivity contribution in [1.29, 1.82) is 0 Å². The molecule has 0 spiro atoms. The Morgan fingerprint density at radius 1 is 1.54 bits per heavy atom. The van der Waals surface area contributed by atoms with Crippen molar-refractivity contribution in [2.24, 2.45) is 0 Å². The van der Waals surface area contributed by atoms with Gasteiger partial charge in [0.2, 0.25) is 0 Å². The largest absolute Gasteiger partial charge is 0.385 e. The number of nitrogens with zero attached hydrogens (tertiary/aromatic N) is 1. The molecular formula is C9H9BrClNO. The van der Waals surface area contributed by atoms with Gasteiger partial charge in [-0.2, -0.15) is 0 Å². The summed E-state index contributed by atoms with van der Waals surface area (Å²) in [6.45, 7) is 0. The second-order valence-corrected chi connectivity index (χ2v) is 4.61. The van der Waals surface area contributed by atoms with Gasteiger partial charge in [-0.3, -0.25) is 0 Å². The van der Waals surface area contributed by atoms with Gasteiger partial charge in [0.15, 0.2) is 0 Å². The number of hydrogen-bond donors (Lipinski definition) is 1. The van der Waals surface area contributed by atoms with Gasteiger partial charge in [-0.05, 0) is 41.3 Å². The molecule has 1 aromatic rings. The van der Waals surface area contributed by atoms with E-state index < -0.39 is 5.60 Å². The summed E-state index contributed by atoms with van der Waals surface area (Å²) in [5.74, 6) is 0. The maximum atomic E-state index is 10.1. The SMILES string of the molecule is OC1(c2cc(Cl)ncc2Br)CCC1. The van der Waals surface area contributed by atoms with Crippen molar-refractivity contribution in [1.82, 2.24) is 4.98 Å². The first-order valence-corrected chi connectivity index (χ1v) is 5.33. The third-order valence-corrected chi connectivity index (χ3v) is 3.34. The van der Waals surface area contributed by atoms with Crippen LogP contribution < -0.4 is 0 Å². The molecule has 4 heteroatoms.